The molecule has 0 radical (unpaired) electrons. The van der Waals surface area contributed by atoms with Crippen molar-refractivity contribution in [2.45, 2.75) is 20.3 Å². The van der Waals surface area contributed by atoms with E-state index in [4.69, 9.17) is 21.6 Å². The number of hydrogen-bond acceptors (Lipinski definition) is 8. The molecule has 1 aliphatic rings. The van der Waals surface area contributed by atoms with Crippen LogP contribution in [0.3, 0.4) is 0 Å². The molecule has 1 aliphatic heterocycles. The fourth-order valence-electron chi connectivity index (χ4n) is 3.39. The van der Waals surface area contributed by atoms with Gasteiger partial charge in [-0.1, -0.05) is 53.8 Å². The number of nitrogens with zero attached hydrogens (tertiary/aromatic N) is 3. The zero-order chi connectivity index (χ0) is 24.2. The molecule has 1 N–H and O–H groups in total. The van der Waals surface area contributed by atoms with E-state index in [1.165, 1.54) is 16.7 Å². The summed E-state index contributed by atoms with van der Waals surface area (Å²) in [6, 6.07) is 13.3. The summed E-state index contributed by atoms with van der Waals surface area (Å²) < 4.78 is 10.5. The lowest BCUT2D eigenvalue weighted by Crippen LogP contribution is -2.31. The number of aromatic nitrogens is 2. The lowest BCUT2D eigenvalue weighted by atomic mass is 10.1. The molecule has 0 unspecified atom stereocenters. The van der Waals surface area contributed by atoms with Crippen LogP contribution in [0.5, 0.6) is 5.75 Å². The summed E-state index contributed by atoms with van der Waals surface area (Å²) in [6.07, 6.45) is 1.85. The molecule has 0 aliphatic carbocycles. The molecule has 2 amide bonds. The third kappa shape index (κ3) is 5.18. The predicted octanol–water partition coefficient (Wildman–Crippen LogP) is 4.59. The summed E-state index contributed by atoms with van der Waals surface area (Å²) in [7, 11) is 1.59. The highest BCUT2D eigenvalue weighted by Crippen LogP contribution is 2.33. The largest absolute Gasteiger partial charge is 0.497 e. The first kappa shape index (κ1) is 23.7. The van der Waals surface area contributed by atoms with Crippen molar-refractivity contribution in [1.82, 2.24) is 15.2 Å². The number of hydrogen-bond donors (Lipinski definition) is 1. The number of benzene rings is 2. The minimum Gasteiger partial charge on any atom is -0.497 e. The molecular formula is C24H22N4O4S2. The molecule has 174 valence electrons. The lowest BCUT2D eigenvalue weighted by molar-refractivity contribution is -0.122. The van der Waals surface area contributed by atoms with E-state index in [9.17, 15) is 9.59 Å². The summed E-state index contributed by atoms with van der Waals surface area (Å²) in [5.41, 5.74) is 4.13. The first-order valence-electron chi connectivity index (χ1n) is 10.4. The number of ether oxygens (including phenoxy) is 1. The maximum atomic E-state index is 12.8. The lowest BCUT2D eigenvalue weighted by Gasteiger charge is -2.13. The zero-order valence-corrected chi connectivity index (χ0v) is 20.5. The number of anilines is 1. The van der Waals surface area contributed by atoms with Crippen molar-refractivity contribution in [1.29, 1.82) is 0 Å². The fourth-order valence-corrected chi connectivity index (χ4v) is 4.70. The minimum absolute atomic E-state index is 0.0398. The van der Waals surface area contributed by atoms with Crippen LogP contribution in [0.2, 0.25) is 0 Å². The van der Waals surface area contributed by atoms with Gasteiger partial charge in [0.05, 0.1) is 12.0 Å². The van der Waals surface area contributed by atoms with Crippen LogP contribution in [-0.2, 0) is 9.59 Å². The Kier molecular flexibility index (Phi) is 7.09. The summed E-state index contributed by atoms with van der Waals surface area (Å²) >= 11 is 6.60. The van der Waals surface area contributed by atoms with E-state index in [0.29, 0.717) is 20.7 Å². The topological polar surface area (TPSA) is 97.6 Å². The van der Waals surface area contributed by atoms with Crippen LogP contribution in [0.25, 0.3) is 17.3 Å². The van der Waals surface area contributed by atoms with E-state index in [0.717, 1.165) is 22.3 Å². The van der Waals surface area contributed by atoms with E-state index in [2.05, 4.69) is 15.6 Å². The summed E-state index contributed by atoms with van der Waals surface area (Å²) in [5.74, 6) is 0.381. The van der Waals surface area contributed by atoms with Crippen LogP contribution in [0.1, 0.15) is 23.1 Å². The van der Waals surface area contributed by atoms with Crippen molar-refractivity contribution in [3.63, 3.8) is 0 Å². The highest BCUT2D eigenvalue weighted by atomic mass is 32.2. The number of methoxy groups -OCH3 is 1. The molecule has 4 rings (SSSR count). The van der Waals surface area contributed by atoms with Crippen molar-refractivity contribution in [2.75, 3.05) is 19.0 Å². The van der Waals surface area contributed by atoms with Crippen molar-refractivity contribution >= 4 is 52.0 Å². The van der Waals surface area contributed by atoms with Crippen LogP contribution in [0.15, 0.2) is 52.0 Å². The van der Waals surface area contributed by atoms with E-state index in [-0.39, 0.29) is 30.6 Å². The Hall–Kier alpha value is -3.50. The molecule has 0 atom stereocenters. The standard InChI is InChI=1S/C24H22N4O4S2/c1-14-4-6-16(7-5-14)13-19-23(30)28(24(33)34-19)11-10-20(29)25-22-21(26-32-27-22)18-9-8-17(31-3)12-15(18)2/h4-9,12-13H,10-11H2,1-3H3,(H,25,27,29)/b19-13-. The van der Waals surface area contributed by atoms with Gasteiger partial charge in [0.1, 0.15) is 10.1 Å². The van der Waals surface area contributed by atoms with Gasteiger partial charge in [-0.15, -0.1) is 0 Å². The first-order valence-corrected chi connectivity index (χ1v) is 11.7. The smallest absolute Gasteiger partial charge is 0.266 e. The molecule has 34 heavy (non-hydrogen) atoms. The molecule has 1 aromatic heterocycles. The molecule has 1 saturated heterocycles. The molecule has 0 bridgehead atoms. The van der Waals surface area contributed by atoms with Gasteiger partial charge in [0, 0.05) is 18.5 Å². The van der Waals surface area contributed by atoms with E-state index in [1.54, 1.807) is 13.2 Å². The predicted molar refractivity (Wildman–Crippen MR) is 135 cm³/mol. The van der Waals surface area contributed by atoms with E-state index in [1.807, 2.05) is 56.3 Å². The van der Waals surface area contributed by atoms with Crippen LogP contribution in [0, 0.1) is 13.8 Å². The van der Waals surface area contributed by atoms with Gasteiger partial charge in [-0.2, -0.15) is 0 Å². The number of rotatable bonds is 7. The van der Waals surface area contributed by atoms with Crippen LogP contribution >= 0.6 is 24.0 Å². The van der Waals surface area contributed by atoms with Crippen molar-refractivity contribution < 1.29 is 19.0 Å². The second-order valence-electron chi connectivity index (χ2n) is 7.68. The maximum absolute atomic E-state index is 12.8. The Morgan fingerprint density at radius 1 is 1.21 bits per heavy atom. The third-order valence-electron chi connectivity index (χ3n) is 5.25. The number of carbonyl (C=O) groups is 2. The number of thiocarbonyl (C=S) groups is 1. The molecule has 0 saturated carbocycles. The fraction of sp³-hybridized carbons (Fsp3) is 0.208. The Bertz CT molecular complexity index is 1280. The van der Waals surface area contributed by atoms with Gasteiger partial charge in [0.2, 0.25) is 11.7 Å². The average molecular weight is 495 g/mol. The van der Waals surface area contributed by atoms with Gasteiger partial charge in [0.15, 0.2) is 5.69 Å². The maximum Gasteiger partial charge on any atom is 0.266 e. The summed E-state index contributed by atoms with van der Waals surface area (Å²) in [4.78, 5) is 27.4. The highest BCUT2D eigenvalue weighted by molar-refractivity contribution is 8.26. The number of amides is 2. The molecule has 0 spiro atoms. The van der Waals surface area contributed by atoms with Crippen molar-refractivity contribution in [3.05, 3.63) is 64.1 Å². The van der Waals surface area contributed by atoms with Gasteiger partial charge in [-0.05, 0) is 59.6 Å². The molecule has 8 nitrogen and oxygen atoms in total. The van der Waals surface area contributed by atoms with E-state index < -0.39 is 0 Å². The van der Waals surface area contributed by atoms with Crippen LogP contribution in [0.4, 0.5) is 5.82 Å². The van der Waals surface area contributed by atoms with Gasteiger partial charge in [-0.25, -0.2) is 4.63 Å². The van der Waals surface area contributed by atoms with Gasteiger partial charge in [-0.3, -0.25) is 14.5 Å². The quantitative estimate of drug-likeness (QED) is 0.376. The summed E-state index contributed by atoms with van der Waals surface area (Å²) in [5, 5.41) is 10.5. The number of thioether (sulfide) groups is 1. The van der Waals surface area contributed by atoms with Crippen molar-refractivity contribution in [2.24, 2.45) is 0 Å². The zero-order valence-electron chi connectivity index (χ0n) is 18.8. The second kappa shape index (κ2) is 10.2. The third-order valence-corrected chi connectivity index (χ3v) is 6.62. The molecular weight excluding hydrogens is 472 g/mol. The molecule has 1 fully saturated rings. The van der Waals surface area contributed by atoms with E-state index >= 15 is 0 Å². The number of aryl methyl sites for hydroxylation is 2. The molecule has 2 aromatic carbocycles. The summed E-state index contributed by atoms with van der Waals surface area (Å²) in [6.45, 7) is 4.06. The van der Waals surface area contributed by atoms with Crippen LogP contribution in [-0.4, -0.2) is 45.0 Å². The highest BCUT2D eigenvalue weighted by Gasteiger charge is 2.32. The SMILES string of the molecule is COc1ccc(-c2nonc2NC(=O)CCN2C(=O)/C(=C/c3ccc(C)cc3)SC2=S)c(C)c1. The Morgan fingerprint density at radius 3 is 2.68 bits per heavy atom. The van der Waals surface area contributed by atoms with Gasteiger partial charge < -0.3 is 10.1 Å². The molecule has 2 heterocycles. The van der Waals surface area contributed by atoms with Crippen molar-refractivity contribution in [3.8, 4) is 17.0 Å². The normalized spacial score (nSPS) is 14.7. The Morgan fingerprint density at radius 2 is 1.97 bits per heavy atom. The Labute approximate surface area is 206 Å². The van der Waals surface area contributed by atoms with Crippen LogP contribution < -0.4 is 10.1 Å². The second-order valence-corrected chi connectivity index (χ2v) is 9.36. The number of carbonyl (C=O) groups excluding carboxylic acids is 2. The molecule has 3 aromatic rings. The monoisotopic (exact) mass is 494 g/mol. The minimum atomic E-state index is -0.334. The van der Waals surface area contributed by atoms with Gasteiger partial charge in [0.25, 0.3) is 5.91 Å². The molecule has 10 heteroatoms. The Balaban J connectivity index is 1.39. The average Bonchev–Trinajstić information content (AvgIpc) is 3.37. The van der Waals surface area contributed by atoms with Gasteiger partial charge >= 0.3 is 0 Å². The number of nitrogens with one attached hydrogen (secondary N) is 1. The first-order chi connectivity index (χ1) is 16.4.